The highest BCUT2D eigenvalue weighted by atomic mass is 16.3. The Kier molecular flexibility index (Phi) is 3.91. The van der Waals surface area contributed by atoms with Crippen LogP contribution < -0.4 is 5.73 Å². The number of nitrogens with two attached hydrogens (primary N) is 1. The van der Waals surface area contributed by atoms with Gasteiger partial charge in [-0.05, 0) is 31.4 Å². The first-order chi connectivity index (χ1) is 8.20. The van der Waals surface area contributed by atoms with Crippen molar-refractivity contribution in [2.75, 3.05) is 18.9 Å². The number of piperidine rings is 1. The van der Waals surface area contributed by atoms with Gasteiger partial charge in [0.15, 0.2) is 0 Å². The first kappa shape index (κ1) is 12.3. The van der Waals surface area contributed by atoms with E-state index in [0.717, 1.165) is 12.4 Å². The molecule has 0 radical (unpaired) electrons. The molecule has 0 bridgehead atoms. The van der Waals surface area contributed by atoms with Gasteiger partial charge in [-0.15, -0.1) is 0 Å². The summed E-state index contributed by atoms with van der Waals surface area (Å²) in [6.07, 6.45) is 4.03. The van der Waals surface area contributed by atoms with Crippen molar-refractivity contribution in [3.63, 3.8) is 0 Å². The summed E-state index contributed by atoms with van der Waals surface area (Å²) < 4.78 is 0. The van der Waals surface area contributed by atoms with Crippen molar-refractivity contribution >= 4 is 5.82 Å². The van der Waals surface area contributed by atoms with Crippen LogP contribution >= 0.6 is 0 Å². The van der Waals surface area contributed by atoms with Crippen molar-refractivity contribution < 1.29 is 5.11 Å². The van der Waals surface area contributed by atoms with Crippen LogP contribution in [-0.2, 0) is 6.54 Å². The fourth-order valence-electron chi connectivity index (χ4n) is 2.50. The number of nitrogens with zero attached hydrogens (tertiary/aromatic N) is 3. The van der Waals surface area contributed by atoms with E-state index in [-0.39, 0.29) is 12.6 Å². The first-order valence-electron chi connectivity index (χ1n) is 6.13. The fraction of sp³-hybridized carbons (Fsp3) is 0.667. The molecule has 0 saturated carbocycles. The molecule has 3 N–H and O–H groups in total. The van der Waals surface area contributed by atoms with Crippen molar-refractivity contribution in [3.05, 3.63) is 18.1 Å². The number of aromatic nitrogens is 2. The lowest BCUT2D eigenvalue weighted by Crippen LogP contribution is -2.46. The molecule has 0 aliphatic carbocycles. The molecule has 94 valence electrons. The first-order valence-corrected chi connectivity index (χ1v) is 6.13. The standard InChI is InChI=1S/C12H20N4O/c1-9-3-2-6-16(10(9)8-17)7-12-14-5-4-11(13)15-12/h4-5,9-10,17H,2-3,6-8H2,1H3,(H2,13,14,15). The lowest BCUT2D eigenvalue weighted by Gasteiger charge is -2.38. The molecule has 5 nitrogen and oxygen atoms in total. The molecular weight excluding hydrogens is 216 g/mol. The molecule has 17 heavy (non-hydrogen) atoms. The number of anilines is 1. The second-order valence-electron chi connectivity index (χ2n) is 4.74. The molecule has 0 amide bonds. The summed E-state index contributed by atoms with van der Waals surface area (Å²) in [6, 6.07) is 1.90. The van der Waals surface area contributed by atoms with Gasteiger partial charge in [0.1, 0.15) is 11.6 Å². The lowest BCUT2D eigenvalue weighted by atomic mass is 9.91. The van der Waals surface area contributed by atoms with Gasteiger partial charge in [0, 0.05) is 12.2 Å². The summed E-state index contributed by atoms with van der Waals surface area (Å²) in [4.78, 5) is 10.7. The van der Waals surface area contributed by atoms with Crippen molar-refractivity contribution in [3.8, 4) is 0 Å². The van der Waals surface area contributed by atoms with Gasteiger partial charge in [-0.1, -0.05) is 6.92 Å². The third kappa shape index (κ3) is 2.92. The smallest absolute Gasteiger partial charge is 0.144 e. The van der Waals surface area contributed by atoms with Gasteiger partial charge >= 0.3 is 0 Å². The zero-order chi connectivity index (χ0) is 12.3. The molecular formula is C12H20N4O. The quantitative estimate of drug-likeness (QED) is 0.806. The zero-order valence-electron chi connectivity index (χ0n) is 10.2. The Morgan fingerprint density at radius 3 is 3.12 bits per heavy atom. The van der Waals surface area contributed by atoms with E-state index in [9.17, 15) is 5.11 Å². The van der Waals surface area contributed by atoms with E-state index < -0.39 is 0 Å². The molecule has 1 aliphatic heterocycles. The maximum absolute atomic E-state index is 9.46. The van der Waals surface area contributed by atoms with E-state index in [1.165, 1.54) is 12.8 Å². The van der Waals surface area contributed by atoms with Crippen LogP contribution in [0.25, 0.3) is 0 Å². The summed E-state index contributed by atoms with van der Waals surface area (Å²) in [6.45, 7) is 4.05. The van der Waals surface area contributed by atoms with Gasteiger partial charge in [0.2, 0.25) is 0 Å². The SMILES string of the molecule is CC1CCCN(Cc2nccc(N)n2)C1CO. The topological polar surface area (TPSA) is 75.3 Å². The Morgan fingerprint density at radius 2 is 2.41 bits per heavy atom. The van der Waals surface area contributed by atoms with Crippen LogP contribution in [-0.4, -0.2) is 39.2 Å². The second kappa shape index (κ2) is 5.42. The molecule has 2 rings (SSSR count). The summed E-state index contributed by atoms with van der Waals surface area (Å²) in [5, 5.41) is 9.46. The number of rotatable bonds is 3. The Balaban J connectivity index is 2.06. The Hall–Kier alpha value is -1.20. The molecule has 0 aromatic carbocycles. The minimum atomic E-state index is 0.198. The number of hydrogen-bond donors (Lipinski definition) is 2. The molecule has 0 spiro atoms. The Bertz CT molecular complexity index is 371. The van der Waals surface area contributed by atoms with Crippen LogP contribution in [0.3, 0.4) is 0 Å². The molecule has 2 unspecified atom stereocenters. The summed E-state index contributed by atoms with van der Waals surface area (Å²) in [7, 11) is 0. The summed E-state index contributed by atoms with van der Waals surface area (Å²) in [5.41, 5.74) is 5.64. The maximum Gasteiger partial charge on any atom is 0.144 e. The molecule has 1 fully saturated rings. The Morgan fingerprint density at radius 1 is 1.59 bits per heavy atom. The minimum absolute atomic E-state index is 0.198. The van der Waals surface area contributed by atoms with Gasteiger partial charge in [0.05, 0.1) is 13.2 Å². The molecule has 2 atom stereocenters. The molecule has 1 aromatic heterocycles. The molecule has 5 heteroatoms. The number of nitrogen functional groups attached to an aromatic ring is 1. The predicted octanol–water partition coefficient (Wildman–Crippen LogP) is 0.652. The third-order valence-corrected chi connectivity index (χ3v) is 3.49. The summed E-state index contributed by atoms with van der Waals surface area (Å²) in [5.74, 6) is 1.76. The predicted molar refractivity (Wildman–Crippen MR) is 66.1 cm³/mol. The van der Waals surface area contributed by atoms with E-state index in [1.807, 2.05) is 0 Å². The van der Waals surface area contributed by atoms with Crippen LogP contribution in [0.5, 0.6) is 0 Å². The average molecular weight is 236 g/mol. The van der Waals surface area contributed by atoms with Crippen LogP contribution in [0, 0.1) is 5.92 Å². The van der Waals surface area contributed by atoms with Crippen molar-refractivity contribution in [2.24, 2.45) is 5.92 Å². The average Bonchev–Trinajstić information content (AvgIpc) is 2.29. The minimum Gasteiger partial charge on any atom is -0.395 e. The van der Waals surface area contributed by atoms with Crippen LogP contribution in [0.1, 0.15) is 25.6 Å². The van der Waals surface area contributed by atoms with Crippen molar-refractivity contribution in [1.29, 1.82) is 0 Å². The normalized spacial score (nSPS) is 26.0. The molecule has 1 aromatic rings. The van der Waals surface area contributed by atoms with E-state index in [2.05, 4.69) is 21.8 Å². The van der Waals surface area contributed by atoms with E-state index in [1.54, 1.807) is 12.3 Å². The number of aliphatic hydroxyl groups excluding tert-OH is 1. The van der Waals surface area contributed by atoms with Gasteiger partial charge in [-0.2, -0.15) is 0 Å². The summed E-state index contributed by atoms with van der Waals surface area (Å²) >= 11 is 0. The van der Waals surface area contributed by atoms with Crippen molar-refractivity contribution in [2.45, 2.75) is 32.4 Å². The highest BCUT2D eigenvalue weighted by Crippen LogP contribution is 2.23. The van der Waals surface area contributed by atoms with Gasteiger partial charge in [0.25, 0.3) is 0 Å². The zero-order valence-corrected chi connectivity index (χ0v) is 10.2. The number of likely N-dealkylation sites (tertiary alicyclic amines) is 1. The molecule has 1 saturated heterocycles. The van der Waals surface area contributed by atoms with E-state index in [0.29, 0.717) is 18.3 Å². The van der Waals surface area contributed by atoms with Crippen LogP contribution in [0.4, 0.5) is 5.82 Å². The maximum atomic E-state index is 9.46. The van der Waals surface area contributed by atoms with Gasteiger partial charge < -0.3 is 10.8 Å². The van der Waals surface area contributed by atoms with Crippen molar-refractivity contribution in [1.82, 2.24) is 14.9 Å². The third-order valence-electron chi connectivity index (χ3n) is 3.49. The molecule has 1 aliphatic rings. The van der Waals surface area contributed by atoms with Gasteiger partial charge in [-0.3, -0.25) is 4.90 Å². The van der Waals surface area contributed by atoms with E-state index in [4.69, 9.17) is 5.73 Å². The molecule has 2 heterocycles. The largest absolute Gasteiger partial charge is 0.395 e. The number of aliphatic hydroxyl groups is 1. The lowest BCUT2D eigenvalue weighted by molar-refractivity contribution is 0.0454. The number of hydrogen-bond acceptors (Lipinski definition) is 5. The van der Waals surface area contributed by atoms with Crippen LogP contribution in [0.2, 0.25) is 0 Å². The highest BCUT2D eigenvalue weighted by Gasteiger charge is 2.28. The monoisotopic (exact) mass is 236 g/mol. The van der Waals surface area contributed by atoms with Gasteiger partial charge in [-0.25, -0.2) is 9.97 Å². The highest BCUT2D eigenvalue weighted by molar-refractivity contribution is 5.25. The fourth-order valence-corrected chi connectivity index (χ4v) is 2.50. The second-order valence-corrected chi connectivity index (χ2v) is 4.74. The van der Waals surface area contributed by atoms with E-state index >= 15 is 0 Å². The Labute approximate surface area is 102 Å². The van der Waals surface area contributed by atoms with Crippen LogP contribution in [0.15, 0.2) is 12.3 Å².